The Morgan fingerprint density at radius 3 is 2.24 bits per heavy atom. The average molecular weight is 411 g/mol. The SMILES string of the molecule is COc1cc(-c2cnc3c(Nc4ccc(Cl)cc4)nccn23)cc(OC)c1OC. The van der Waals surface area contributed by atoms with E-state index in [9.17, 15) is 0 Å². The first kappa shape index (κ1) is 18.9. The van der Waals surface area contributed by atoms with Gasteiger partial charge < -0.3 is 19.5 Å². The zero-order chi connectivity index (χ0) is 20.4. The molecule has 7 nitrogen and oxygen atoms in total. The molecule has 2 aromatic heterocycles. The van der Waals surface area contributed by atoms with Gasteiger partial charge in [0.25, 0.3) is 0 Å². The highest BCUT2D eigenvalue weighted by molar-refractivity contribution is 6.30. The summed E-state index contributed by atoms with van der Waals surface area (Å²) >= 11 is 5.96. The second kappa shape index (κ2) is 7.89. The molecule has 0 radical (unpaired) electrons. The van der Waals surface area contributed by atoms with Crippen LogP contribution < -0.4 is 19.5 Å². The van der Waals surface area contributed by atoms with Gasteiger partial charge in [0.05, 0.1) is 33.2 Å². The molecule has 2 heterocycles. The van der Waals surface area contributed by atoms with E-state index < -0.39 is 0 Å². The highest BCUT2D eigenvalue weighted by atomic mass is 35.5. The molecule has 8 heteroatoms. The molecule has 0 fully saturated rings. The van der Waals surface area contributed by atoms with Crippen molar-refractivity contribution in [2.24, 2.45) is 0 Å². The van der Waals surface area contributed by atoms with E-state index in [1.165, 1.54) is 0 Å². The Kier molecular flexibility index (Phi) is 5.14. The van der Waals surface area contributed by atoms with E-state index in [1.54, 1.807) is 33.7 Å². The number of rotatable bonds is 6. The first-order valence-corrected chi connectivity index (χ1v) is 9.17. The van der Waals surface area contributed by atoms with Gasteiger partial charge in [0.1, 0.15) is 0 Å². The smallest absolute Gasteiger partial charge is 0.203 e. The lowest BCUT2D eigenvalue weighted by atomic mass is 10.1. The number of hydrogen-bond acceptors (Lipinski definition) is 6. The fourth-order valence-electron chi connectivity index (χ4n) is 3.12. The highest BCUT2D eigenvalue weighted by Crippen LogP contribution is 2.41. The predicted octanol–water partition coefficient (Wildman–Crippen LogP) is 4.82. The maximum atomic E-state index is 5.96. The number of nitrogens with zero attached hydrogens (tertiary/aromatic N) is 3. The van der Waals surface area contributed by atoms with Crippen molar-refractivity contribution in [3.63, 3.8) is 0 Å². The molecule has 0 aliphatic heterocycles. The van der Waals surface area contributed by atoms with Gasteiger partial charge in [-0.1, -0.05) is 11.6 Å². The van der Waals surface area contributed by atoms with Crippen LogP contribution in [-0.4, -0.2) is 35.7 Å². The second-order valence-electron chi connectivity index (χ2n) is 6.16. The van der Waals surface area contributed by atoms with Crippen LogP contribution in [0, 0.1) is 0 Å². The molecule has 0 aliphatic carbocycles. The zero-order valence-electron chi connectivity index (χ0n) is 16.1. The van der Waals surface area contributed by atoms with Crippen LogP contribution in [0.3, 0.4) is 0 Å². The maximum absolute atomic E-state index is 5.96. The molecule has 0 unspecified atom stereocenters. The minimum atomic E-state index is 0.541. The normalized spacial score (nSPS) is 10.8. The lowest BCUT2D eigenvalue weighted by Gasteiger charge is -2.14. The minimum Gasteiger partial charge on any atom is -0.493 e. The third-order valence-corrected chi connectivity index (χ3v) is 4.75. The van der Waals surface area contributed by atoms with E-state index in [0.29, 0.717) is 33.7 Å². The first-order chi connectivity index (χ1) is 14.1. The quantitative estimate of drug-likeness (QED) is 0.491. The summed E-state index contributed by atoms with van der Waals surface area (Å²) in [5.41, 5.74) is 3.29. The van der Waals surface area contributed by atoms with Gasteiger partial charge in [-0.25, -0.2) is 9.97 Å². The fraction of sp³-hybridized carbons (Fsp3) is 0.143. The topological polar surface area (TPSA) is 69.9 Å². The summed E-state index contributed by atoms with van der Waals surface area (Å²) in [4.78, 5) is 8.99. The number of anilines is 2. The van der Waals surface area contributed by atoms with Crippen molar-refractivity contribution in [3.05, 3.63) is 60.0 Å². The Morgan fingerprint density at radius 1 is 0.931 bits per heavy atom. The number of aromatic nitrogens is 3. The molecule has 0 aliphatic rings. The summed E-state index contributed by atoms with van der Waals surface area (Å²) < 4.78 is 18.3. The molecule has 0 spiro atoms. The van der Waals surface area contributed by atoms with Crippen LogP contribution in [0.2, 0.25) is 5.02 Å². The number of benzene rings is 2. The highest BCUT2D eigenvalue weighted by Gasteiger charge is 2.17. The Balaban J connectivity index is 1.79. The van der Waals surface area contributed by atoms with Gasteiger partial charge in [-0.3, -0.25) is 4.40 Å². The van der Waals surface area contributed by atoms with Gasteiger partial charge in [-0.2, -0.15) is 0 Å². The lowest BCUT2D eigenvalue weighted by molar-refractivity contribution is 0.324. The fourth-order valence-corrected chi connectivity index (χ4v) is 3.25. The van der Waals surface area contributed by atoms with Crippen molar-refractivity contribution in [2.75, 3.05) is 26.6 Å². The maximum Gasteiger partial charge on any atom is 0.203 e. The van der Waals surface area contributed by atoms with Gasteiger partial charge in [0.15, 0.2) is 23.0 Å². The van der Waals surface area contributed by atoms with E-state index in [1.807, 2.05) is 47.0 Å². The lowest BCUT2D eigenvalue weighted by Crippen LogP contribution is -1.99. The number of ether oxygens (including phenoxy) is 3. The van der Waals surface area contributed by atoms with Crippen molar-refractivity contribution in [3.8, 4) is 28.5 Å². The van der Waals surface area contributed by atoms with E-state index >= 15 is 0 Å². The summed E-state index contributed by atoms with van der Waals surface area (Å²) in [5.74, 6) is 2.32. The first-order valence-electron chi connectivity index (χ1n) is 8.79. The molecule has 29 heavy (non-hydrogen) atoms. The van der Waals surface area contributed by atoms with Crippen LogP contribution in [0.1, 0.15) is 0 Å². The molecule has 148 valence electrons. The molecule has 0 atom stereocenters. The van der Waals surface area contributed by atoms with Gasteiger partial charge in [0, 0.05) is 28.7 Å². The molecule has 4 aromatic rings. The molecule has 0 saturated heterocycles. The Labute approximate surface area is 172 Å². The molecule has 0 saturated carbocycles. The summed E-state index contributed by atoms with van der Waals surface area (Å²) in [6.07, 6.45) is 5.35. The van der Waals surface area contributed by atoms with E-state index in [4.69, 9.17) is 25.8 Å². The Bertz CT molecular complexity index is 1130. The Hall–Kier alpha value is -3.45. The summed E-state index contributed by atoms with van der Waals surface area (Å²) in [6.45, 7) is 0. The van der Waals surface area contributed by atoms with Crippen LogP contribution in [0.15, 0.2) is 55.0 Å². The van der Waals surface area contributed by atoms with Crippen LogP contribution in [-0.2, 0) is 0 Å². The van der Waals surface area contributed by atoms with Crippen molar-refractivity contribution in [1.82, 2.24) is 14.4 Å². The van der Waals surface area contributed by atoms with Gasteiger partial charge >= 0.3 is 0 Å². The van der Waals surface area contributed by atoms with E-state index in [0.717, 1.165) is 16.9 Å². The van der Waals surface area contributed by atoms with Gasteiger partial charge in [0.2, 0.25) is 5.75 Å². The number of fused-ring (bicyclic) bond motifs is 1. The van der Waals surface area contributed by atoms with Gasteiger partial charge in [-0.05, 0) is 36.4 Å². The molecular weight excluding hydrogens is 392 g/mol. The van der Waals surface area contributed by atoms with Crippen molar-refractivity contribution in [2.45, 2.75) is 0 Å². The molecular formula is C21H19ClN4O3. The number of halogens is 1. The number of hydrogen-bond donors (Lipinski definition) is 1. The average Bonchev–Trinajstić information content (AvgIpc) is 3.19. The zero-order valence-corrected chi connectivity index (χ0v) is 16.9. The molecule has 0 amide bonds. The second-order valence-corrected chi connectivity index (χ2v) is 6.60. The van der Waals surface area contributed by atoms with Crippen molar-refractivity contribution < 1.29 is 14.2 Å². The number of nitrogens with one attached hydrogen (secondary N) is 1. The summed E-state index contributed by atoms with van der Waals surface area (Å²) in [6, 6.07) is 11.2. The largest absolute Gasteiger partial charge is 0.493 e. The third-order valence-electron chi connectivity index (χ3n) is 4.50. The monoisotopic (exact) mass is 410 g/mol. The molecule has 4 rings (SSSR count). The van der Waals surface area contributed by atoms with Crippen LogP contribution in [0.5, 0.6) is 17.2 Å². The van der Waals surface area contributed by atoms with E-state index in [-0.39, 0.29) is 0 Å². The van der Waals surface area contributed by atoms with Crippen molar-refractivity contribution in [1.29, 1.82) is 0 Å². The number of methoxy groups -OCH3 is 3. The van der Waals surface area contributed by atoms with E-state index in [2.05, 4.69) is 15.3 Å². The summed E-state index contributed by atoms with van der Waals surface area (Å²) in [5, 5.41) is 3.95. The minimum absolute atomic E-state index is 0.541. The molecule has 2 aromatic carbocycles. The van der Waals surface area contributed by atoms with Crippen LogP contribution >= 0.6 is 11.6 Å². The third kappa shape index (κ3) is 3.52. The predicted molar refractivity (Wildman–Crippen MR) is 113 cm³/mol. The molecule has 0 bridgehead atoms. The molecule has 1 N–H and O–H groups in total. The van der Waals surface area contributed by atoms with Gasteiger partial charge in [-0.15, -0.1) is 0 Å². The van der Waals surface area contributed by atoms with Crippen LogP contribution in [0.4, 0.5) is 11.5 Å². The van der Waals surface area contributed by atoms with Crippen LogP contribution in [0.25, 0.3) is 16.9 Å². The van der Waals surface area contributed by atoms with Crippen molar-refractivity contribution >= 4 is 28.8 Å². The standard InChI is InChI=1S/C21H19ClN4O3/c1-27-17-10-13(11-18(28-2)19(17)29-3)16-12-24-21-20(23-8-9-26(16)21)25-15-6-4-14(22)5-7-15/h4-12H,1-3H3,(H,23,25). The Morgan fingerprint density at radius 2 is 1.62 bits per heavy atom. The number of imidazole rings is 1. The summed E-state index contributed by atoms with van der Waals surface area (Å²) in [7, 11) is 4.76.